The normalized spacial score (nSPS) is 10.9. The van der Waals surface area contributed by atoms with Gasteiger partial charge in [0.25, 0.3) is 5.91 Å². The van der Waals surface area contributed by atoms with Crippen molar-refractivity contribution >= 4 is 17.8 Å². The molecule has 0 aliphatic heterocycles. The quantitative estimate of drug-likeness (QED) is 0.568. The molecule has 0 aromatic heterocycles. The Morgan fingerprint density at radius 3 is 1.80 bits per heavy atom. The molecule has 0 fully saturated rings. The van der Waals surface area contributed by atoms with Gasteiger partial charge in [-0.25, -0.2) is 9.86 Å². The molecule has 20 heavy (non-hydrogen) atoms. The van der Waals surface area contributed by atoms with Gasteiger partial charge in [0.2, 0.25) is 5.91 Å². The molecular formula is C13H26N2O5. The highest BCUT2D eigenvalue weighted by atomic mass is 16.5. The first-order valence-electron chi connectivity index (χ1n) is 6.74. The lowest BCUT2D eigenvalue weighted by atomic mass is 10.2. The lowest BCUT2D eigenvalue weighted by molar-refractivity contribution is -0.187. The number of hydroxylamine groups is 2. The number of carbonyl (C=O) groups is 3. The maximum absolute atomic E-state index is 11.5. The molecule has 0 rings (SSSR count). The van der Waals surface area contributed by atoms with Gasteiger partial charge in [-0.15, -0.1) is 0 Å². The maximum Gasteiger partial charge on any atom is 0.329 e. The van der Waals surface area contributed by atoms with Gasteiger partial charge in [0, 0.05) is 13.5 Å². The molecule has 0 aromatic rings. The predicted molar refractivity (Wildman–Crippen MR) is 74.2 cm³/mol. The van der Waals surface area contributed by atoms with Crippen LogP contribution < -0.4 is 0 Å². The summed E-state index contributed by atoms with van der Waals surface area (Å²) in [6.45, 7) is 7.09. The van der Waals surface area contributed by atoms with E-state index in [4.69, 9.17) is 5.11 Å². The number of nitrogens with zero attached hydrogens (tertiary/aromatic N) is 2. The van der Waals surface area contributed by atoms with Crippen LogP contribution in [-0.2, 0) is 14.4 Å². The topological polar surface area (TPSA) is 98.2 Å². The van der Waals surface area contributed by atoms with Crippen LogP contribution in [0.5, 0.6) is 0 Å². The van der Waals surface area contributed by atoms with Crippen molar-refractivity contribution in [2.24, 2.45) is 0 Å². The minimum atomic E-state index is -1.28. The second kappa shape index (κ2) is 11.2. The summed E-state index contributed by atoms with van der Waals surface area (Å²) in [4.78, 5) is 34.6. The zero-order valence-electron chi connectivity index (χ0n) is 12.9. The van der Waals surface area contributed by atoms with Crippen molar-refractivity contribution in [3.63, 3.8) is 0 Å². The third-order valence-corrected chi connectivity index (χ3v) is 2.32. The van der Waals surface area contributed by atoms with E-state index >= 15 is 0 Å². The Morgan fingerprint density at radius 2 is 1.50 bits per heavy atom. The van der Waals surface area contributed by atoms with Gasteiger partial charge in [-0.1, -0.05) is 34.1 Å². The van der Waals surface area contributed by atoms with E-state index in [0.29, 0.717) is 0 Å². The monoisotopic (exact) mass is 290 g/mol. The number of carboxylic acid groups (broad SMARTS) is 1. The van der Waals surface area contributed by atoms with Crippen molar-refractivity contribution in [2.75, 3.05) is 13.6 Å². The molecule has 0 heterocycles. The van der Waals surface area contributed by atoms with E-state index < -0.39 is 17.9 Å². The number of amides is 2. The number of aliphatic carboxylic acids is 1. The molecule has 0 aliphatic carbocycles. The Kier molecular flexibility index (Phi) is 11.6. The summed E-state index contributed by atoms with van der Waals surface area (Å²) in [5, 5.41) is 18.3. The van der Waals surface area contributed by atoms with Gasteiger partial charge >= 0.3 is 5.97 Å². The second-order valence-corrected chi connectivity index (χ2v) is 4.31. The molecule has 0 aromatic carbocycles. The second-order valence-electron chi connectivity index (χ2n) is 4.31. The average molecular weight is 290 g/mol. The maximum atomic E-state index is 11.5. The average Bonchev–Trinajstić information content (AvgIpc) is 2.38. The fourth-order valence-corrected chi connectivity index (χ4v) is 1.26. The van der Waals surface area contributed by atoms with Crippen molar-refractivity contribution in [3.8, 4) is 0 Å². The van der Waals surface area contributed by atoms with Crippen molar-refractivity contribution in [3.05, 3.63) is 0 Å². The van der Waals surface area contributed by atoms with E-state index in [-0.39, 0.29) is 30.4 Å². The zero-order valence-corrected chi connectivity index (χ0v) is 12.9. The number of hydrogen-bond acceptors (Lipinski definition) is 4. The fourth-order valence-electron chi connectivity index (χ4n) is 1.26. The lowest BCUT2D eigenvalue weighted by Gasteiger charge is -2.24. The minimum Gasteiger partial charge on any atom is -0.480 e. The number of carboxylic acids is 1. The minimum absolute atomic E-state index is 0.0863. The van der Waals surface area contributed by atoms with Gasteiger partial charge in [-0.3, -0.25) is 14.8 Å². The van der Waals surface area contributed by atoms with Crippen molar-refractivity contribution in [2.45, 2.75) is 53.0 Å². The van der Waals surface area contributed by atoms with Crippen molar-refractivity contribution in [1.29, 1.82) is 0 Å². The molecule has 0 saturated heterocycles. The largest absolute Gasteiger partial charge is 0.480 e. The summed E-state index contributed by atoms with van der Waals surface area (Å²) in [6, 6.07) is -1.28. The SMILES string of the molecule is CCC.CCC(=O)N(C)CC(=O)N(O)C(CC)C(=O)O. The van der Waals surface area contributed by atoms with Gasteiger partial charge in [0.15, 0.2) is 6.04 Å². The first-order chi connectivity index (χ1) is 9.26. The third-order valence-electron chi connectivity index (χ3n) is 2.32. The molecular weight excluding hydrogens is 264 g/mol. The molecule has 0 aliphatic rings. The van der Waals surface area contributed by atoms with Crippen molar-refractivity contribution in [1.82, 2.24) is 9.96 Å². The molecule has 2 N–H and O–H groups in total. The number of likely N-dealkylation sites (N-methyl/N-ethyl adjacent to an activating group) is 1. The highest BCUT2D eigenvalue weighted by Gasteiger charge is 2.27. The molecule has 2 amide bonds. The zero-order chi connectivity index (χ0) is 16.3. The summed E-state index contributed by atoms with van der Waals surface area (Å²) in [5.74, 6) is -2.36. The first-order valence-corrected chi connectivity index (χ1v) is 6.74. The molecule has 7 heteroatoms. The molecule has 118 valence electrons. The molecule has 0 spiro atoms. The Hall–Kier alpha value is -1.63. The van der Waals surface area contributed by atoms with E-state index in [9.17, 15) is 19.6 Å². The van der Waals surface area contributed by atoms with E-state index in [1.54, 1.807) is 6.92 Å². The molecule has 0 bridgehead atoms. The lowest BCUT2D eigenvalue weighted by Crippen LogP contribution is -2.47. The van der Waals surface area contributed by atoms with Gasteiger partial charge in [0.05, 0.1) is 0 Å². The van der Waals surface area contributed by atoms with E-state index in [1.165, 1.54) is 20.4 Å². The van der Waals surface area contributed by atoms with Crippen LogP contribution in [0.4, 0.5) is 0 Å². The van der Waals surface area contributed by atoms with Crippen LogP contribution in [0.2, 0.25) is 0 Å². The van der Waals surface area contributed by atoms with Crippen LogP contribution in [0.25, 0.3) is 0 Å². The third kappa shape index (κ3) is 7.73. The summed E-state index contributed by atoms with van der Waals surface area (Å²) < 4.78 is 0. The fraction of sp³-hybridized carbons (Fsp3) is 0.769. The Morgan fingerprint density at radius 1 is 1.05 bits per heavy atom. The van der Waals surface area contributed by atoms with E-state index in [0.717, 1.165) is 4.90 Å². The highest BCUT2D eigenvalue weighted by Crippen LogP contribution is 2.03. The van der Waals surface area contributed by atoms with Gasteiger partial charge in [-0.2, -0.15) is 0 Å². The number of rotatable bonds is 6. The van der Waals surface area contributed by atoms with Crippen LogP contribution in [0.3, 0.4) is 0 Å². The smallest absolute Gasteiger partial charge is 0.329 e. The Labute approximate surface area is 120 Å². The summed E-state index contributed by atoms with van der Waals surface area (Å²) in [7, 11) is 1.42. The van der Waals surface area contributed by atoms with Crippen LogP contribution in [0.1, 0.15) is 47.0 Å². The summed E-state index contributed by atoms with van der Waals surface area (Å²) in [5.41, 5.74) is 0. The molecule has 1 unspecified atom stereocenters. The number of hydrogen-bond donors (Lipinski definition) is 2. The number of carbonyl (C=O) groups excluding carboxylic acids is 2. The first kappa shape index (κ1) is 20.7. The van der Waals surface area contributed by atoms with Crippen LogP contribution >= 0.6 is 0 Å². The van der Waals surface area contributed by atoms with Gasteiger partial charge < -0.3 is 10.0 Å². The molecule has 1 atom stereocenters. The summed E-state index contributed by atoms with van der Waals surface area (Å²) in [6.07, 6.45) is 1.58. The molecule has 7 nitrogen and oxygen atoms in total. The summed E-state index contributed by atoms with van der Waals surface area (Å²) >= 11 is 0. The van der Waals surface area contributed by atoms with Crippen molar-refractivity contribution < 1.29 is 24.7 Å². The van der Waals surface area contributed by atoms with Crippen LogP contribution in [0, 0.1) is 0 Å². The Balaban J connectivity index is 0. The molecule has 0 saturated carbocycles. The van der Waals surface area contributed by atoms with Crippen LogP contribution in [0.15, 0.2) is 0 Å². The van der Waals surface area contributed by atoms with Gasteiger partial charge in [-0.05, 0) is 6.42 Å². The van der Waals surface area contributed by atoms with E-state index in [2.05, 4.69) is 13.8 Å². The highest BCUT2D eigenvalue weighted by molar-refractivity contribution is 5.86. The standard InChI is InChI=1S/C10H18N2O5.C3H8/c1-4-7(10(15)16)12(17)9(14)6-11(3)8(13)5-2;1-3-2/h7,17H,4-6H2,1-3H3,(H,15,16);3H2,1-2H3. The molecule has 0 radical (unpaired) electrons. The van der Waals surface area contributed by atoms with Crippen LogP contribution in [-0.4, -0.2) is 57.7 Å². The van der Waals surface area contributed by atoms with E-state index in [1.807, 2.05) is 0 Å². The predicted octanol–water partition coefficient (Wildman–Crippen LogP) is 1.35. The van der Waals surface area contributed by atoms with Gasteiger partial charge in [0.1, 0.15) is 6.54 Å². The Bertz CT molecular complexity index is 320.